The SMILES string of the molecule is CC/C(=N\N=C(/C(=O)c1ccccc1)c1ccccc1)c1cnc2ccccc2n1. The first-order valence-corrected chi connectivity index (χ1v) is 9.78. The van der Waals surface area contributed by atoms with Crippen LogP contribution in [0.25, 0.3) is 11.0 Å². The van der Waals surface area contributed by atoms with Gasteiger partial charge in [-0.2, -0.15) is 5.10 Å². The van der Waals surface area contributed by atoms with Gasteiger partial charge in [-0.1, -0.05) is 79.7 Å². The van der Waals surface area contributed by atoms with Gasteiger partial charge < -0.3 is 0 Å². The summed E-state index contributed by atoms with van der Waals surface area (Å²) in [6, 6.07) is 26.2. The molecule has 0 saturated carbocycles. The third-order valence-electron chi connectivity index (χ3n) is 4.65. The van der Waals surface area contributed by atoms with Crippen molar-refractivity contribution < 1.29 is 4.79 Å². The van der Waals surface area contributed by atoms with Crippen LogP contribution in [0, 0.1) is 0 Å². The molecule has 0 N–H and O–H groups in total. The van der Waals surface area contributed by atoms with E-state index in [1.807, 2.05) is 79.7 Å². The van der Waals surface area contributed by atoms with Crippen molar-refractivity contribution in [1.29, 1.82) is 0 Å². The van der Waals surface area contributed by atoms with E-state index in [1.54, 1.807) is 18.3 Å². The molecule has 0 aliphatic carbocycles. The number of hydrogen-bond acceptors (Lipinski definition) is 5. The number of hydrogen-bond donors (Lipinski definition) is 0. The van der Waals surface area contributed by atoms with Crippen LogP contribution in [0.4, 0.5) is 0 Å². The molecular weight excluding hydrogens is 372 g/mol. The van der Waals surface area contributed by atoms with Crippen molar-refractivity contribution in [2.45, 2.75) is 13.3 Å². The fourth-order valence-corrected chi connectivity index (χ4v) is 3.07. The lowest BCUT2D eigenvalue weighted by Gasteiger charge is -2.06. The van der Waals surface area contributed by atoms with Crippen LogP contribution in [0.5, 0.6) is 0 Å². The van der Waals surface area contributed by atoms with Gasteiger partial charge in [0.05, 0.1) is 22.9 Å². The summed E-state index contributed by atoms with van der Waals surface area (Å²) in [5, 5.41) is 8.81. The number of Topliss-reactive ketones (excluding diaryl/α,β-unsaturated/α-hetero) is 1. The average molecular weight is 392 g/mol. The van der Waals surface area contributed by atoms with Crippen LogP contribution in [0.1, 0.15) is 35.0 Å². The predicted octanol–water partition coefficient (Wildman–Crippen LogP) is 5.12. The third kappa shape index (κ3) is 4.20. The molecule has 5 heteroatoms. The smallest absolute Gasteiger partial charge is 0.213 e. The van der Waals surface area contributed by atoms with Crippen LogP contribution in [0.15, 0.2) is 101 Å². The Labute approximate surface area is 174 Å². The molecule has 0 aliphatic heterocycles. The van der Waals surface area contributed by atoms with E-state index in [9.17, 15) is 4.79 Å². The Morgan fingerprint density at radius 2 is 1.37 bits per heavy atom. The number of benzene rings is 3. The summed E-state index contributed by atoms with van der Waals surface area (Å²) in [7, 11) is 0. The molecule has 3 aromatic carbocycles. The maximum atomic E-state index is 13.1. The lowest BCUT2D eigenvalue weighted by atomic mass is 10.0. The molecule has 0 saturated heterocycles. The standard InChI is InChI=1S/C25H20N4O/c1-2-20(23-17-26-21-15-9-10-16-22(21)27-23)28-29-24(18-11-5-3-6-12-18)25(30)19-13-7-4-8-14-19/h3-17H,2H2,1H3/b28-20+,29-24-. The van der Waals surface area contributed by atoms with Gasteiger partial charge in [-0.15, -0.1) is 5.10 Å². The second-order valence-electron chi connectivity index (χ2n) is 6.65. The third-order valence-corrected chi connectivity index (χ3v) is 4.65. The van der Waals surface area contributed by atoms with E-state index < -0.39 is 0 Å². The van der Waals surface area contributed by atoms with Crippen molar-refractivity contribution in [3.63, 3.8) is 0 Å². The highest BCUT2D eigenvalue weighted by Crippen LogP contribution is 2.13. The van der Waals surface area contributed by atoms with E-state index in [0.29, 0.717) is 29.1 Å². The van der Waals surface area contributed by atoms with E-state index in [1.165, 1.54) is 0 Å². The molecule has 0 bridgehead atoms. The lowest BCUT2D eigenvalue weighted by Crippen LogP contribution is -2.16. The largest absolute Gasteiger partial charge is 0.287 e. The zero-order valence-corrected chi connectivity index (χ0v) is 16.6. The first kappa shape index (κ1) is 19.3. The molecule has 146 valence electrons. The fraction of sp³-hybridized carbons (Fsp3) is 0.0800. The summed E-state index contributed by atoms with van der Waals surface area (Å²) in [5.74, 6) is -0.175. The second-order valence-corrected chi connectivity index (χ2v) is 6.65. The van der Waals surface area contributed by atoms with Crippen molar-refractivity contribution in [2.24, 2.45) is 10.2 Å². The van der Waals surface area contributed by atoms with Crippen LogP contribution in [-0.4, -0.2) is 27.2 Å². The summed E-state index contributed by atoms with van der Waals surface area (Å²) >= 11 is 0. The molecular formula is C25H20N4O. The van der Waals surface area contributed by atoms with Gasteiger partial charge in [-0.25, -0.2) is 4.98 Å². The topological polar surface area (TPSA) is 67.6 Å². The number of aromatic nitrogens is 2. The molecule has 0 fully saturated rings. The molecule has 0 spiro atoms. The molecule has 0 amide bonds. The Bertz CT molecular complexity index is 1230. The minimum atomic E-state index is -0.175. The van der Waals surface area contributed by atoms with E-state index in [-0.39, 0.29) is 5.78 Å². The van der Waals surface area contributed by atoms with Crippen molar-refractivity contribution in [1.82, 2.24) is 9.97 Å². The Hall–Kier alpha value is -3.99. The number of rotatable bonds is 6. The number of carbonyl (C=O) groups is 1. The van der Waals surface area contributed by atoms with Crippen LogP contribution in [0.3, 0.4) is 0 Å². The maximum Gasteiger partial charge on any atom is 0.213 e. The summed E-state index contributed by atoms with van der Waals surface area (Å²) in [6.07, 6.45) is 2.31. The van der Waals surface area contributed by atoms with Gasteiger partial charge in [-0.05, 0) is 18.6 Å². The van der Waals surface area contributed by atoms with Gasteiger partial charge in [0.2, 0.25) is 5.78 Å². The van der Waals surface area contributed by atoms with Crippen LogP contribution < -0.4 is 0 Å². The monoisotopic (exact) mass is 392 g/mol. The highest BCUT2D eigenvalue weighted by molar-refractivity contribution is 6.51. The number of fused-ring (bicyclic) bond motifs is 1. The van der Waals surface area contributed by atoms with Crippen molar-refractivity contribution >= 4 is 28.2 Å². The molecule has 0 aliphatic rings. The first-order valence-electron chi connectivity index (χ1n) is 9.78. The Morgan fingerprint density at radius 1 is 0.767 bits per heavy atom. The summed E-state index contributed by atoms with van der Waals surface area (Å²) < 4.78 is 0. The zero-order valence-electron chi connectivity index (χ0n) is 16.6. The molecule has 30 heavy (non-hydrogen) atoms. The van der Waals surface area contributed by atoms with Crippen molar-refractivity contribution in [3.05, 3.63) is 108 Å². The van der Waals surface area contributed by atoms with Crippen molar-refractivity contribution in [3.8, 4) is 0 Å². The normalized spacial score (nSPS) is 12.2. The first-order chi connectivity index (χ1) is 14.8. The fourth-order valence-electron chi connectivity index (χ4n) is 3.07. The zero-order chi connectivity index (χ0) is 20.8. The Morgan fingerprint density at radius 3 is 2.03 bits per heavy atom. The number of ketones is 1. The number of carbonyl (C=O) groups excluding carboxylic acids is 1. The molecule has 4 aromatic rings. The average Bonchev–Trinajstić information content (AvgIpc) is 2.82. The van der Waals surface area contributed by atoms with Crippen molar-refractivity contribution in [2.75, 3.05) is 0 Å². The lowest BCUT2D eigenvalue weighted by molar-refractivity contribution is 0.106. The van der Waals surface area contributed by atoms with Gasteiger partial charge in [-0.3, -0.25) is 9.78 Å². The molecule has 0 atom stereocenters. The van der Waals surface area contributed by atoms with E-state index in [0.717, 1.165) is 16.6 Å². The number of para-hydroxylation sites is 2. The second kappa shape index (κ2) is 9.01. The Kier molecular flexibility index (Phi) is 5.80. The van der Waals surface area contributed by atoms with Gasteiger partial charge in [0.15, 0.2) is 0 Å². The summed E-state index contributed by atoms with van der Waals surface area (Å²) in [5.41, 5.74) is 4.52. The van der Waals surface area contributed by atoms with Gasteiger partial charge in [0.25, 0.3) is 0 Å². The van der Waals surface area contributed by atoms with Gasteiger partial charge in [0.1, 0.15) is 11.4 Å². The molecule has 1 heterocycles. The van der Waals surface area contributed by atoms with Crippen LogP contribution in [0.2, 0.25) is 0 Å². The van der Waals surface area contributed by atoms with Crippen LogP contribution in [-0.2, 0) is 0 Å². The molecule has 4 rings (SSSR count). The summed E-state index contributed by atoms with van der Waals surface area (Å²) in [6.45, 7) is 1.98. The van der Waals surface area contributed by atoms with E-state index in [2.05, 4.69) is 20.2 Å². The van der Waals surface area contributed by atoms with E-state index in [4.69, 9.17) is 0 Å². The molecule has 5 nitrogen and oxygen atoms in total. The predicted molar refractivity (Wildman–Crippen MR) is 120 cm³/mol. The van der Waals surface area contributed by atoms with Crippen LogP contribution >= 0.6 is 0 Å². The highest BCUT2D eigenvalue weighted by atomic mass is 16.1. The minimum absolute atomic E-state index is 0.175. The number of nitrogens with zero attached hydrogens (tertiary/aromatic N) is 4. The van der Waals surface area contributed by atoms with Gasteiger partial charge >= 0.3 is 0 Å². The molecule has 0 radical (unpaired) electrons. The quantitative estimate of drug-likeness (QED) is 0.260. The molecule has 0 unspecified atom stereocenters. The minimum Gasteiger partial charge on any atom is -0.287 e. The summed E-state index contributed by atoms with van der Waals surface area (Å²) in [4.78, 5) is 22.2. The van der Waals surface area contributed by atoms with E-state index >= 15 is 0 Å². The Balaban J connectivity index is 1.77. The highest BCUT2D eigenvalue weighted by Gasteiger charge is 2.16. The maximum absolute atomic E-state index is 13.1. The van der Waals surface area contributed by atoms with Gasteiger partial charge in [0, 0.05) is 11.1 Å². The molecule has 1 aromatic heterocycles.